The van der Waals surface area contributed by atoms with E-state index in [-0.39, 0.29) is 11.8 Å². The Balaban J connectivity index is 2.25. The number of amides is 1. The molecule has 3 nitrogen and oxygen atoms in total. The van der Waals surface area contributed by atoms with Gasteiger partial charge >= 0.3 is 0 Å². The summed E-state index contributed by atoms with van der Waals surface area (Å²) in [6.07, 6.45) is 6.27. The summed E-state index contributed by atoms with van der Waals surface area (Å²) in [6, 6.07) is 0. The second-order valence-corrected chi connectivity index (χ2v) is 4.98. The first-order valence-electron chi connectivity index (χ1n) is 6.24. The first-order chi connectivity index (χ1) is 7.63. The van der Waals surface area contributed by atoms with Gasteiger partial charge in [-0.2, -0.15) is 0 Å². The number of hydrogen-bond donors (Lipinski definition) is 2. The predicted octanol–water partition coefficient (Wildman–Crippen LogP) is 1.83. The van der Waals surface area contributed by atoms with Crippen LogP contribution in [0.1, 0.15) is 39.5 Å². The zero-order chi connectivity index (χ0) is 12.0. The second kappa shape index (κ2) is 6.69. The first-order valence-corrected chi connectivity index (χ1v) is 6.24. The van der Waals surface area contributed by atoms with Crippen LogP contribution in [0.25, 0.3) is 0 Å². The first kappa shape index (κ1) is 13.2. The number of rotatable bonds is 4. The third-order valence-corrected chi connectivity index (χ3v) is 3.34. The molecule has 0 heterocycles. The summed E-state index contributed by atoms with van der Waals surface area (Å²) in [5.41, 5.74) is 6.87. The summed E-state index contributed by atoms with van der Waals surface area (Å²) in [5, 5.41) is 2.97. The second-order valence-electron chi connectivity index (χ2n) is 4.98. The van der Waals surface area contributed by atoms with Crippen LogP contribution in [-0.4, -0.2) is 19.0 Å². The van der Waals surface area contributed by atoms with Gasteiger partial charge in [-0.15, -0.1) is 0 Å². The van der Waals surface area contributed by atoms with Crippen molar-refractivity contribution in [3.63, 3.8) is 0 Å². The Hall–Kier alpha value is -0.830. The zero-order valence-corrected chi connectivity index (χ0v) is 10.5. The van der Waals surface area contributed by atoms with Crippen LogP contribution in [0.2, 0.25) is 0 Å². The van der Waals surface area contributed by atoms with E-state index in [1.807, 2.05) is 19.9 Å². The Kier molecular flexibility index (Phi) is 5.53. The highest BCUT2D eigenvalue weighted by Crippen LogP contribution is 2.27. The van der Waals surface area contributed by atoms with Gasteiger partial charge in [0.15, 0.2) is 0 Å². The lowest BCUT2D eigenvalue weighted by Gasteiger charge is -2.26. The van der Waals surface area contributed by atoms with Gasteiger partial charge in [0.2, 0.25) is 5.91 Å². The maximum Gasteiger partial charge on any atom is 0.223 e. The highest BCUT2D eigenvalue weighted by Gasteiger charge is 2.24. The quantitative estimate of drug-likeness (QED) is 0.716. The maximum absolute atomic E-state index is 11.8. The van der Waals surface area contributed by atoms with Crippen molar-refractivity contribution in [3.8, 4) is 0 Å². The van der Waals surface area contributed by atoms with Gasteiger partial charge in [0, 0.05) is 12.5 Å². The third-order valence-electron chi connectivity index (χ3n) is 3.34. The molecule has 3 heteroatoms. The Morgan fingerprint density at radius 3 is 2.44 bits per heavy atom. The van der Waals surface area contributed by atoms with E-state index in [2.05, 4.69) is 5.32 Å². The maximum atomic E-state index is 11.8. The Bertz CT molecular complexity index is 249. The molecule has 0 aromatic rings. The molecule has 0 saturated heterocycles. The number of hydrogen-bond acceptors (Lipinski definition) is 2. The average molecular weight is 224 g/mol. The number of allylic oxidation sites excluding steroid dienone is 1. The van der Waals surface area contributed by atoms with Gasteiger partial charge in [0.25, 0.3) is 0 Å². The molecule has 1 fully saturated rings. The molecule has 16 heavy (non-hydrogen) atoms. The zero-order valence-electron chi connectivity index (χ0n) is 10.5. The highest BCUT2D eigenvalue weighted by atomic mass is 16.1. The molecular weight excluding hydrogens is 200 g/mol. The molecule has 1 aliphatic carbocycles. The van der Waals surface area contributed by atoms with Crippen LogP contribution in [0.5, 0.6) is 0 Å². The predicted molar refractivity (Wildman–Crippen MR) is 66.9 cm³/mol. The van der Waals surface area contributed by atoms with E-state index < -0.39 is 0 Å². The van der Waals surface area contributed by atoms with Gasteiger partial charge in [0.1, 0.15) is 0 Å². The van der Waals surface area contributed by atoms with Crippen LogP contribution < -0.4 is 11.1 Å². The monoisotopic (exact) mass is 224 g/mol. The summed E-state index contributed by atoms with van der Waals surface area (Å²) in [7, 11) is 0. The van der Waals surface area contributed by atoms with E-state index in [0.29, 0.717) is 12.5 Å². The van der Waals surface area contributed by atoms with Crippen LogP contribution in [0.3, 0.4) is 0 Å². The fourth-order valence-corrected chi connectivity index (χ4v) is 2.16. The smallest absolute Gasteiger partial charge is 0.223 e. The Morgan fingerprint density at radius 2 is 1.94 bits per heavy atom. The lowest BCUT2D eigenvalue weighted by atomic mass is 9.81. The molecule has 0 spiro atoms. The summed E-state index contributed by atoms with van der Waals surface area (Å²) < 4.78 is 0. The molecule has 0 bridgehead atoms. The number of nitrogens with two attached hydrogens (primary N) is 1. The number of carbonyl (C=O) groups is 1. The fraction of sp³-hybridized carbons (Fsp3) is 0.769. The van der Waals surface area contributed by atoms with Gasteiger partial charge in [0.05, 0.1) is 0 Å². The molecule has 0 atom stereocenters. The summed E-state index contributed by atoms with van der Waals surface area (Å²) in [4.78, 5) is 11.8. The minimum atomic E-state index is 0.216. The SMILES string of the molecule is CC(C)=CCNC(=O)C1CCC(CN)CC1. The number of nitrogens with one attached hydrogen (secondary N) is 1. The Labute approximate surface area is 98.5 Å². The highest BCUT2D eigenvalue weighted by molar-refractivity contribution is 5.78. The lowest BCUT2D eigenvalue weighted by molar-refractivity contribution is -0.125. The van der Waals surface area contributed by atoms with Gasteiger partial charge < -0.3 is 11.1 Å². The topological polar surface area (TPSA) is 55.1 Å². The molecule has 1 aliphatic rings. The summed E-state index contributed by atoms with van der Waals surface area (Å²) in [6.45, 7) is 5.52. The molecule has 0 aliphatic heterocycles. The van der Waals surface area contributed by atoms with E-state index in [9.17, 15) is 4.79 Å². The van der Waals surface area contributed by atoms with E-state index in [1.54, 1.807) is 0 Å². The van der Waals surface area contributed by atoms with Crippen molar-refractivity contribution in [3.05, 3.63) is 11.6 Å². The minimum absolute atomic E-state index is 0.216. The minimum Gasteiger partial charge on any atom is -0.352 e. The van der Waals surface area contributed by atoms with Crippen molar-refractivity contribution < 1.29 is 4.79 Å². The van der Waals surface area contributed by atoms with Crippen LogP contribution >= 0.6 is 0 Å². The number of carbonyl (C=O) groups excluding carboxylic acids is 1. The standard InChI is InChI=1S/C13H24N2O/c1-10(2)7-8-15-13(16)12-5-3-11(9-14)4-6-12/h7,11-12H,3-6,8-9,14H2,1-2H3,(H,15,16). The van der Waals surface area contributed by atoms with Crippen molar-refractivity contribution >= 4 is 5.91 Å². The van der Waals surface area contributed by atoms with Crippen LogP contribution in [0, 0.1) is 11.8 Å². The molecule has 0 aromatic heterocycles. The Morgan fingerprint density at radius 1 is 1.31 bits per heavy atom. The van der Waals surface area contributed by atoms with Crippen LogP contribution in [0.4, 0.5) is 0 Å². The third kappa shape index (κ3) is 4.35. The van der Waals surface area contributed by atoms with Crippen molar-refractivity contribution in [2.45, 2.75) is 39.5 Å². The lowest BCUT2D eigenvalue weighted by Crippen LogP contribution is -2.34. The van der Waals surface area contributed by atoms with Gasteiger partial charge in [-0.05, 0) is 52.0 Å². The molecule has 3 N–H and O–H groups in total. The van der Waals surface area contributed by atoms with E-state index in [1.165, 1.54) is 5.57 Å². The molecule has 0 radical (unpaired) electrons. The van der Waals surface area contributed by atoms with Crippen molar-refractivity contribution in [2.24, 2.45) is 17.6 Å². The van der Waals surface area contributed by atoms with Gasteiger partial charge in [-0.25, -0.2) is 0 Å². The molecule has 1 amide bonds. The largest absolute Gasteiger partial charge is 0.352 e. The molecular formula is C13H24N2O. The van der Waals surface area contributed by atoms with E-state index in [4.69, 9.17) is 5.73 Å². The van der Waals surface area contributed by atoms with Crippen molar-refractivity contribution in [1.29, 1.82) is 0 Å². The van der Waals surface area contributed by atoms with Gasteiger partial charge in [-0.1, -0.05) is 11.6 Å². The molecule has 0 aromatic carbocycles. The summed E-state index contributed by atoms with van der Waals surface area (Å²) >= 11 is 0. The van der Waals surface area contributed by atoms with Crippen LogP contribution in [-0.2, 0) is 4.79 Å². The van der Waals surface area contributed by atoms with Crippen molar-refractivity contribution in [2.75, 3.05) is 13.1 Å². The molecule has 0 unspecified atom stereocenters. The van der Waals surface area contributed by atoms with E-state index >= 15 is 0 Å². The van der Waals surface area contributed by atoms with Gasteiger partial charge in [-0.3, -0.25) is 4.79 Å². The molecule has 92 valence electrons. The molecule has 1 saturated carbocycles. The normalized spacial score (nSPS) is 24.9. The molecule has 1 rings (SSSR count). The van der Waals surface area contributed by atoms with E-state index in [0.717, 1.165) is 32.2 Å². The average Bonchev–Trinajstić information content (AvgIpc) is 2.28. The van der Waals surface area contributed by atoms with Crippen molar-refractivity contribution in [1.82, 2.24) is 5.32 Å². The van der Waals surface area contributed by atoms with Crippen LogP contribution in [0.15, 0.2) is 11.6 Å². The summed E-state index contributed by atoms with van der Waals surface area (Å²) in [5.74, 6) is 1.07. The fourth-order valence-electron chi connectivity index (χ4n) is 2.16.